The first kappa shape index (κ1) is 20.8. The predicted molar refractivity (Wildman–Crippen MR) is 112 cm³/mol. The van der Waals surface area contributed by atoms with Gasteiger partial charge in [-0.2, -0.15) is 0 Å². The number of hydrazine groups is 1. The highest BCUT2D eigenvalue weighted by Crippen LogP contribution is 2.39. The second kappa shape index (κ2) is 10.1. The molecule has 0 amide bonds. The molecule has 28 heavy (non-hydrogen) atoms. The molecule has 2 aliphatic rings. The van der Waals surface area contributed by atoms with Crippen LogP contribution in [0.15, 0.2) is 24.2 Å². The lowest BCUT2D eigenvalue weighted by Crippen LogP contribution is -2.45. The third kappa shape index (κ3) is 4.57. The number of aromatic nitrogens is 1. The summed E-state index contributed by atoms with van der Waals surface area (Å²) in [6.45, 7) is 4.70. The number of hydrogen-bond acceptors (Lipinski definition) is 5. The number of aldehydes is 1. The van der Waals surface area contributed by atoms with Crippen molar-refractivity contribution in [3.63, 3.8) is 0 Å². The number of allylic oxidation sites excluding steroid dienone is 2. The van der Waals surface area contributed by atoms with Crippen molar-refractivity contribution in [3.8, 4) is 5.75 Å². The molecule has 5 nitrogen and oxygen atoms in total. The Labute approximate surface area is 169 Å². The van der Waals surface area contributed by atoms with Gasteiger partial charge < -0.3 is 9.75 Å². The van der Waals surface area contributed by atoms with E-state index >= 15 is 0 Å². The third-order valence-corrected chi connectivity index (χ3v) is 6.51. The quantitative estimate of drug-likeness (QED) is 0.520. The topological polar surface area (TPSA) is 54.5 Å². The van der Waals surface area contributed by atoms with E-state index in [0.717, 1.165) is 11.8 Å². The zero-order chi connectivity index (χ0) is 19.9. The number of nitrogens with one attached hydrogen (secondary N) is 1. The highest BCUT2D eigenvalue weighted by molar-refractivity contribution is 5.81. The van der Waals surface area contributed by atoms with Gasteiger partial charge in [-0.3, -0.25) is 9.78 Å². The van der Waals surface area contributed by atoms with Gasteiger partial charge in [0, 0.05) is 36.8 Å². The SMILES string of the molecule is C/C=C(/C1CCCCC1COc1cncc(C)c1C=O)N(NC)C1CCCC1. The van der Waals surface area contributed by atoms with Crippen molar-refractivity contribution in [2.75, 3.05) is 13.7 Å². The maximum absolute atomic E-state index is 11.5. The molecule has 1 heterocycles. The molecule has 0 spiro atoms. The summed E-state index contributed by atoms with van der Waals surface area (Å²) in [5.74, 6) is 1.56. The van der Waals surface area contributed by atoms with Crippen LogP contribution in [0, 0.1) is 18.8 Å². The summed E-state index contributed by atoms with van der Waals surface area (Å²) >= 11 is 0. The van der Waals surface area contributed by atoms with E-state index in [-0.39, 0.29) is 0 Å². The van der Waals surface area contributed by atoms with E-state index in [1.54, 1.807) is 12.4 Å². The molecule has 2 aliphatic carbocycles. The number of rotatable bonds is 8. The molecule has 2 unspecified atom stereocenters. The fraction of sp³-hybridized carbons (Fsp3) is 0.652. The van der Waals surface area contributed by atoms with Gasteiger partial charge in [0.15, 0.2) is 6.29 Å². The normalized spacial score (nSPS) is 23.6. The average molecular weight is 386 g/mol. The highest BCUT2D eigenvalue weighted by atomic mass is 16.5. The number of carbonyl (C=O) groups excluding carboxylic acids is 1. The summed E-state index contributed by atoms with van der Waals surface area (Å²) in [6.07, 6.45) is 16.6. The Balaban J connectivity index is 1.74. The van der Waals surface area contributed by atoms with E-state index in [0.29, 0.717) is 35.8 Å². The van der Waals surface area contributed by atoms with Crippen LogP contribution < -0.4 is 10.2 Å². The minimum absolute atomic E-state index is 0.456. The van der Waals surface area contributed by atoms with Crippen molar-refractivity contribution in [2.24, 2.45) is 11.8 Å². The number of hydrogen-bond donors (Lipinski definition) is 1. The maximum Gasteiger partial charge on any atom is 0.154 e. The molecule has 1 N–H and O–H groups in total. The van der Waals surface area contributed by atoms with Crippen LogP contribution in [0.3, 0.4) is 0 Å². The van der Waals surface area contributed by atoms with Gasteiger partial charge in [0.05, 0.1) is 18.4 Å². The van der Waals surface area contributed by atoms with Gasteiger partial charge in [-0.15, -0.1) is 0 Å². The minimum Gasteiger partial charge on any atom is -0.491 e. The Morgan fingerprint density at radius 1 is 1.21 bits per heavy atom. The van der Waals surface area contributed by atoms with Crippen molar-refractivity contribution in [3.05, 3.63) is 35.3 Å². The molecule has 1 aromatic rings. The van der Waals surface area contributed by atoms with Crippen LogP contribution in [-0.2, 0) is 0 Å². The molecule has 2 saturated carbocycles. The molecule has 0 radical (unpaired) electrons. The Morgan fingerprint density at radius 3 is 2.61 bits per heavy atom. The first-order chi connectivity index (χ1) is 13.7. The van der Waals surface area contributed by atoms with Crippen molar-refractivity contribution < 1.29 is 9.53 Å². The molecule has 154 valence electrons. The zero-order valence-corrected chi connectivity index (χ0v) is 17.6. The Kier molecular flexibility index (Phi) is 7.49. The summed E-state index contributed by atoms with van der Waals surface area (Å²) in [4.78, 5) is 15.7. The van der Waals surface area contributed by atoms with Gasteiger partial charge in [-0.05, 0) is 45.1 Å². The van der Waals surface area contributed by atoms with Crippen LogP contribution in [-0.4, -0.2) is 36.0 Å². The summed E-state index contributed by atoms with van der Waals surface area (Å²) in [6, 6.07) is 0.599. The molecule has 0 saturated heterocycles. The molecule has 2 fully saturated rings. The summed E-state index contributed by atoms with van der Waals surface area (Å²) in [5.41, 5.74) is 6.38. The van der Waals surface area contributed by atoms with E-state index < -0.39 is 0 Å². The Bertz CT molecular complexity index is 682. The molecule has 5 heteroatoms. The van der Waals surface area contributed by atoms with Gasteiger partial charge in [0.1, 0.15) is 5.75 Å². The van der Waals surface area contributed by atoms with Crippen LogP contribution in [0.2, 0.25) is 0 Å². The Hall–Kier alpha value is -1.88. The molecule has 0 aromatic carbocycles. The van der Waals surface area contributed by atoms with Crippen LogP contribution >= 0.6 is 0 Å². The lowest BCUT2D eigenvalue weighted by atomic mass is 9.77. The second-order valence-electron chi connectivity index (χ2n) is 8.19. The first-order valence-electron chi connectivity index (χ1n) is 10.8. The van der Waals surface area contributed by atoms with Gasteiger partial charge in [-0.1, -0.05) is 31.8 Å². The monoisotopic (exact) mass is 385 g/mol. The first-order valence-corrected chi connectivity index (χ1v) is 10.8. The molecule has 0 bridgehead atoms. The fourth-order valence-corrected chi connectivity index (χ4v) is 5.03. The van der Waals surface area contributed by atoms with E-state index in [2.05, 4.69) is 28.4 Å². The van der Waals surface area contributed by atoms with Crippen molar-refractivity contribution in [2.45, 2.75) is 71.3 Å². The van der Waals surface area contributed by atoms with Gasteiger partial charge >= 0.3 is 0 Å². The van der Waals surface area contributed by atoms with Crippen LogP contribution in [0.5, 0.6) is 5.75 Å². The van der Waals surface area contributed by atoms with E-state index in [9.17, 15) is 4.79 Å². The van der Waals surface area contributed by atoms with Crippen LogP contribution in [0.4, 0.5) is 0 Å². The van der Waals surface area contributed by atoms with Gasteiger partial charge in [0.2, 0.25) is 0 Å². The van der Waals surface area contributed by atoms with Crippen molar-refractivity contribution in [1.29, 1.82) is 0 Å². The number of aryl methyl sites for hydroxylation is 1. The fourth-order valence-electron chi connectivity index (χ4n) is 5.03. The standard InChI is InChI=1S/C23H35N3O2/c1-4-22(26(24-3)19-10-6-7-11-19)20-12-8-5-9-18(20)16-28-23-14-25-13-17(2)21(23)15-27/h4,13-15,18-20,24H,5-12,16H2,1-3H3/b22-4-. The van der Waals surface area contributed by atoms with E-state index in [1.807, 2.05) is 14.0 Å². The summed E-state index contributed by atoms with van der Waals surface area (Å²) < 4.78 is 6.15. The largest absolute Gasteiger partial charge is 0.491 e. The van der Waals surface area contributed by atoms with E-state index in [4.69, 9.17) is 4.74 Å². The van der Waals surface area contributed by atoms with Crippen LogP contribution in [0.1, 0.15) is 74.2 Å². The van der Waals surface area contributed by atoms with Crippen molar-refractivity contribution in [1.82, 2.24) is 15.4 Å². The highest BCUT2D eigenvalue weighted by Gasteiger charge is 2.34. The van der Waals surface area contributed by atoms with Crippen LogP contribution in [0.25, 0.3) is 0 Å². The van der Waals surface area contributed by atoms with Gasteiger partial charge in [0.25, 0.3) is 0 Å². The smallest absolute Gasteiger partial charge is 0.154 e. The minimum atomic E-state index is 0.456. The predicted octanol–water partition coefficient (Wildman–Crippen LogP) is 4.67. The lowest BCUT2D eigenvalue weighted by Gasteiger charge is -2.41. The molecule has 0 aliphatic heterocycles. The summed E-state index contributed by atoms with van der Waals surface area (Å²) in [5, 5.41) is 2.43. The molecule has 2 atom stereocenters. The zero-order valence-electron chi connectivity index (χ0n) is 17.6. The Morgan fingerprint density at radius 2 is 1.93 bits per heavy atom. The third-order valence-electron chi connectivity index (χ3n) is 6.51. The summed E-state index contributed by atoms with van der Waals surface area (Å²) in [7, 11) is 2.05. The number of pyridine rings is 1. The molecule has 1 aromatic heterocycles. The second-order valence-corrected chi connectivity index (χ2v) is 8.19. The molecular weight excluding hydrogens is 350 g/mol. The van der Waals surface area contributed by atoms with E-state index in [1.165, 1.54) is 57.1 Å². The van der Waals surface area contributed by atoms with Gasteiger partial charge in [-0.25, -0.2) is 5.43 Å². The lowest BCUT2D eigenvalue weighted by molar-refractivity contribution is 0.106. The van der Waals surface area contributed by atoms with Crippen molar-refractivity contribution >= 4 is 6.29 Å². The average Bonchev–Trinajstić information content (AvgIpc) is 3.25. The number of ether oxygens (including phenoxy) is 1. The maximum atomic E-state index is 11.5. The number of nitrogens with zero attached hydrogens (tertiary/aromatic N) is 2. The number of carbonyl (C=O) groups is 1. The molecular formula is C23H35N3O2. The molecule has 3 rings (SSSR count).